The summed E-state index contributed by atoms with van der Waals surface area (Å²) in [5.41, 5.74) is 8.60. The molecule has 0 aromatic rings. The monoisotopic (exact) mass is 305 g/mol. The van der Waals surface area contributed by atoms with Crippen LogP contribution >= 0.6 is 22.6 Å². The van der Waals surface area contributed by atoms with Gasteiger partial charge in [0, 0.05) is 12.2 Å². The molecule has 0 amide bonds. The van der Waals surface area contributed by atoms with Crippen molar-refractivity contribution in [3.63, 3.8) is 0 Å². The van der Waals surface area contributed by atoms with Gasteiger partial charge in [0.05, 0.1) is 0 Å². The predicted molar refractivity (Wildman–Crippen MR) is 67.5 cm³/mol. The third kappa shape index (κ3) is 1.58. The molecule has 2 unspecified atom stereocenters. The number of rotatable bonds is 1. The van der Waals surface area contributed by atoms with Crippen LogP contribution in [0.15, 0.2) is 16.3 Å². The van der Waals surface area contributed by atoms with E-state index < -0.39 is 0 Å². The molecule has 1 saturated heterocycles. The molecule has 2 atom stereocenters. The first-order chi connectivity index (χ1) is 6.63. The molecule has 2 aliphatic heterocycles. The number of nitrogens with two attached hydrogens (primary N) is 1. The van der Waals surface area contributed by atoms with E-state index in [0.717, 1.165) is 25.3 Å². The molecule has 2 heterocycles. The topological polar surface area (TPSA) is 41.6 Å². The van der Waals surface area contributed by atoms with Crippen LogP contribution in [0.5, 0.6) is 0 Å². The predicted octanol–water partition coefficient (Wildman–Crippen LogP) is 1.73. The Morgan fingerprint density at radius 2 is 2.29 bits per heavy atom. The van der Waals surface area contributed by atoms with Crippen molar-refractivity contribution in [1.82, 2.24) is 4.90 Å². The number of nitrogens with zero attached hydrogens (tertiary/aromatic N) is 2. The van der Waals surface area contributed by atoms with Gasteiger partial charge >= 0.3 is 0 Å². The molecule has 4 heteroatoms. The largest absolute Gasteiger partial charge is 0.334 e. The van der Waals surface area contributed by atoms with Gasteiger partial charge in [-0.1, -0.05) is 22.6 Å². The van der Waals surface area contributed by atoms with Gasteiger partial charge < -0.3 is 10.6 Å². The van der Waals surface area contributed by atoms with Gasteiger partial charge in [0.2, 0.25) is 0 Å². The van der Waals surface area contributed by atoms with Crippen LogP contribution in [0.3, 0.4) is 0 Å². The molecule has 0 bridgehead atoms. The standard InChI is InChI=1S/C10H16IN3/c1-6-9-3-8(4-12)5-14(9)7(2)13-10(6)11/h8,10H,3-5,12H2,1-2H3. The lowest BCUT2D eigenvalue weighted by Gasteiger charge is -2.28. The minimum absolute atomic E-state index is 0.329. The molecule has 0 spiro atoms. The molecule has 2 aliphatic rings. The molecule has 3 nitrogen and oxygen atoms in total. The number of alkyl halides is 1. The van der Waals surface area contributed by atoms with Crippen LogP contribution in [0.1, 0.15) is 20.3 Å². The molecular formula is C10H16IN3. The Morgan fingerprint density at radius 1 is 1.57 bits per heavy atom. The van der Waals surface area contributed by atoms with Crippen molar-refractivity contribution < 1.29 is 0 Å². The van der Waals surface area contributed by atoms with E-state index >= 15 is 0 Å². The average molecular weight is 305 g/mol. The zero-order chi connectivity index (χ0) is 10.3. The highest BCUT2D eigenvalue weighted by Gasteiger charge is 2.32. The number of hydrogen-bond donors (Lipinski definition) is 1. The van der Waals surface area contributed by atoms with E-state index in [1.807, 2.05) is 0 Å². The Morgan fingerprint density at radius 3 is 2.93 bits per heavy atom. The molecule has 2 N–H and O–H groups in total. The summed E-state index contributed by atoms with van der Waals surface area (Å²) < 4.78 is 0.329. The first kappa shape index (κ1) is 10.4. The fraction of sp³-hybridized carbons (Fsp3) is 0.700. The fourth-order valence-corrected chi connectivity index (χ4v) is 2.91. The van der Waals surface area contributed by atoms with E-state index in [1.54, 1.807) is 0 Å². The van der Waals surface area contributed by atoms with E-state index in [2.05, 4.69) is 46.3 Å². The van der Waals surface area contributed by atoms with Crippen molar-refractivity contribution in [2.45, 2.75) is 24.3 Å². The first-order valence-corrected chi connectivity index (χ1v) is 6.23. The molecule has 2 rings (SSSR count). The zero-order valence-corrected chi connectivity index (χ0v) is 10.8. The van der Waals surface area contributed by atoms with Gasteiger partial charge in [-0.25, -0.2) is 0 Å². The van der Waals surface area contributed by atoms with Crippen molar-refractivity contribution >= 4 is 28.4 Å². The van der Waals surface area contributed by atoms with E-state index in [0.29, 0.717) is 9.97 Å². The van der Waals surface area contributed by atoms with Crippen LogP contribution in [0.2, 0.25) is 0 Å². The van der Waals surface area contributed by atoms with E-state index in [-0.39, 0.29) is 0 Å². The number of hydrogen-bond acceptors (Lipinski definition) is 3. The molecule has 0 saturated carbocycles. The number of halogens is 1. The van der Waals surface area contributed by atoms with Gasteiger partial charge in [0.1, 0.15) is 9.88 Å². The molecule has 0 aromatic carbocycles. The summed E-state index contributed by atoms with van der Waals surface area (Å²) in [4.78, 5) is 6.94. The minimum Gasteiger partial charge on any atom is -0.334 e. The van der Waals surface area contributed by atoms with Crippen LogP contribution in [0.4, 0.5) is 0 Å². The summed E-state index contributed by atoms with van der Waals surface area (Å²) in [6.07, 6.45) is 1.13. The quantitative estimate of drug-likeness (QED) is 0.455. The molecule has 1 fully saturated rings. The van der Waals surface area contributed by atoms with E-state index in [4.69, 9.17) is 5.73 Å². The SMILES string of the molecule is CC1=NC(I)C(C)=C2CC(CN)CN12. The van der Waals surface area contributed by atoms with Gasteiger partial charge in [0.15, 0.2) is 0 Å². The summed E-state index contributed by atoms with van der Waals surface area (Å²) in [7, 11) is 0. The van der Waals surface area contributed by atoms with Crippen molar-refractivity contribution in [2.75, 3.05) is 13.1 Å². The Bertz CT molecular complexity index is 308. The van der Waals surface area contributed by atoms with E-state index in [9.17, 15) is 0 Å². The highest BCUT2D eigenvalue weighted by Crippen LogP contribution is 2.35. The number of aliphatic imine (C=N–C) groups is 1. The number of fused-ring (bicyclic) bond motifs is 1. The van der Waals surface area contributed by atoms with Crippen LogP contribution in [0.25, 0.3) is 0 Å². The Kier molecular flexibility index (Phi) is 2.83. The second-order valence-corrected chi connectivity index (χ2v) is 5.24. The van der Waals surface area contributed by atoms with Gasteiger partial charge in [-0.2, -0.15) is 0 Å². The minimum atomic E-state index is 0.329. The summed E-state index contributed by atoms with van der Waals surface area (Å²) in [5.74, 6) is 1.77. The van der Waals surface area contributed by atoms with Crippen LogP contribution in [-0.2, 0) is 0 Å². The molecule has 0 radical (unpaired) electrons. The zero-order valence-electron chi connectivity index (χ0n) is 8.63. The second-order valence-electron chi connectivity index (χ2n) is 4.06. The summed E-state index contributed by atoms with van der Waals surface area (Å²) in [6, 6.07) is 0. The van der Waals surface area contributed by atoms with E-state index in [1.165, 1.54) is 11.3 Å². The second kappa shape index (κ2) is 3.81. The number of amidine groups is 1. The van der Waals surface area contributed by atoms with Crippen molar-refractivity contribution in [3.05, 3.63) is 11.3 Å². The van der Waals surface area contributed by atoms with Crippen LogP contribution < -0.4 is 5.73 Å². The maximum atomic E-state index is 5.72. The van der Waals surface area contributed by atoms with Gasteiger partial charge in [-0.05, 0) is 38.3 Å². The van der Waals surface area contributed by atoms with Crippen molar-refractivity contribution in [2.24, 2.45) is 16.6 Å². The van der Waals surface area contributed by atoms with Gasteiger partial charge in [0.25, 0.3) is 0 Å². The summed E-state index contributed by atoms with van der Waals surface area (Å²) in [5, 5.41) is 0. The third-order valence-corrected chi connectivity index (χ3v) is 4.30. The lowest BCUT2D eigenvalue weighted by molar-refractivity contribution is 0.498. The lowest BCUT2D eigenvalue weighted by atomic mass is 10.1. The normalized spacial score (nSPS) is 32.0. The van der Waals surface area contributed by atoms with Crippen LogP contribution in [-0.4, -0.2) is 27.9 Å². The fourth-order valence-electron chi connectivity index (χ4n) is 2.14. The van der Waals surface area contributed by atoms with Gasteiger partial charge in [-0.15, -0.1) is 0 Å². The molecule has 0 aromatic heterocycles. The van der Waals surface area contributed by atoms with Gasteiger partial charge in [-0.3, -0.25) is 4.99 Å². The maximum absolute atomic E-state index is 5.72. The third-order valence-electron chi connectivity index (χ3n) is 3.09. The first-order valence-electron chi connectivity index (χ1n) is 4.99. The molecule has 78 valence electrons. The smallest absolute Gasteiger partial charge is 0.126 e. The Hall–Kier alpha value is -0.100. The lowest BCUT2D eigenvalue weighted by Crippen LogP contribution is -2.31. The Labute approximate surface area is 98.6 Å². The Balaban J connectivity index is 2.30. The highest BCUT2D eigenvalue weighted by atomic mass is 127. The molecule has 0 aliphatic carbocycles. The van der Waals surface area contributed by atoms with Crippen molar-refractivity contribution in [1.29, 1.82) is 0 Å². The van der Waals surface area contributed by atoms with Crippen LogP contribution in [0, 0.1) is 5.92 Å². The van der Waals surface area contributed by atoms with Crippen molar-refractivity contribution in [3.8, 4) is 0 Å². The summed E-state index contributed by atoms with van der Waals surface area (Å²) >= 11 is 2.39. The summed E-state index contributed by atoms with van der Waals surface area (Å²) in [6.45, 7) is 6.12. The molecule has 14 heavy (non-hydrogen) atoms. The highest BCUT2D eigenvalue weighted by molar-refractivity contribution is 14.1. The molecular weight excluding hydrogens is 289 g/mol. The number of allylic oxidation sites excluding steroid dienone is 1. The maximum Gasteiger partial charge on any atom is 0.126 e. The average Bonchev–Trinajstić information content (AvgIpc) is 2.58.